The molecule has 0 spiro atoms. The Morgan fingerprint density at radius 1 is 1.00 bits per heavy atom. The molecule has 1 atom stereocenters. The molecule has 2 rings (SSSR count). The number of carbonyl (C=O) groups is 2. The molecule has 0 aliphatic heterocycles. The molecule has 0 saturated carbocycles. The van der Waals surface area contributed by atoms with Crippen LogP contribution in [0.1, 0.15) is 50.3 Å². The van der Waals surface area contributed by atoms with E-state index in [2.05, 4.69) is 5.32 Å². The molecule has 180 valence electrons. The summed E-state index contributed by atoms with van der Waals surface area (Å²) in [6.07, 6.45) is 1.09. The highest BCUT2D eigenvalue weighted by Crippen LogP contribution is 2.29. The Morgan fingerprint density at radius 2 is 1.61 bits per heavy atom. The van der Waals surface area contributed by atoms with E-state index in [1.807, 2.05) is 64.1 Å². The molecular formula is C25H35N3O4S. The van der Waals surface area contributed by atoms with Gasteiger partial charge in [-0.25, -0.2) is 8.42 Å². The van der Waals surface area contributed by atoms with Crippen LogP contribution in [0.5, 0.6) is 0 Å². The average molecular weight is 474 g/mol. The van der Waals surface area contributed by atoms with E-state index in [-0.39, 0.29) is 18.4 Å². The number of anilines is 1. The van der Waals surface area contributed by atoms with Crippen LogP contribution in [-0.4, -0.2) is 50.5 Å². The third-order valence-corrected chi connectivity index (χ3v) is 6.75. The molecule has 0 aliphatic carbocycles. The number of nitrogens with zero attached hydrogens (tertiary/aromatic N) is 2. The fourth-order valence-corrected chi connectivity index (χ4v) is 4.54. The average Bonchev–Trinajstić information content (AvgIpc) is 2.75. The predicted octanol–water partition coefficient (Wildman–Crippen LogP) is 3.44. The lowest BCUT2D eigenvalue weighted by Gasteiger charge is -2.32. The van der Waals surface area contributed by atoms with E-state index in [4.69, 9.17) is 0 Å². The largest absolute Gasteiger partial charge is 0.355 e. The van der Waals surface area contributed by atoms with Gasteiger partial charge in [-0.2, -0.15) is 0 Å². The van der Waals surface area contributed by atoms with Gasteiger partial charge in [0.2, 0.25) is 21.8 Å². The number of aryl methyl sites for hydroxylation is 1. The third-order valence-electron chi connectivity index (χ3n) is 5.63. The van der Waals surface area contributed by atoms with Gasteiger partial charge in [0.25, 0.3) is 0 Å². The van der Waals surface area contributed by atoms with Gasteiger partial charge in [-0.1, -0.05) is 56.3 Å². The molecule has 0 heterocycles. The first-order chi connectivity index (χ1) is 15.5. The van der Waals surface area contributed by atoms with Crippen molar-refractivity contribution in [3.8, 4) is 0 Å². The first kappa shape index (κ1) is 26.4. The lowest BCUT2D eigenvalue weighted by atomic mass is 10.0. The Bertz CT molecular complexity index is 1080. The zero-order chi connectivity index (χ0) is 24.8. The van der Waals surface area contributed by atoms with Gasteiger partial charge < -0.3 is 10.2 Å². The molecule has 33 heavy (non-hydrogen) atoms. The van der Waals surface area contributed by atoms with Crippen molar-refractivity contribution in [2.24, 2.45) is 0 Å². The van der Waals surface area contributed by atoms with Crippen molar-refractivity contribution < 1.29 is 18.0 Å². The molecular weight excluding hydrogens is 438 g/mol. The van der Waals surface area contributed by atoms with Gasteiger partial charge in [-0.3, -0.25) is 13.9 Å². The van der Waals surface area contributed by atoms with E-state index >= 15 is 0 Å². The number of rotatable bonds is 10. The lowest BCUT2D eigenvalue weighted by molar-refractivity contribution is -0.139. The van der Waals surface area contributed by atoms with E-state index < -0.39 is 28.5 Å². The van der Waals surface area contributed by atoms with E-state index in [0.29, 0.717) is 12.2 Å². The summed E-state index contributed by atoms with van der Waals surface area (Å²) >= 11 is 0. The van der Waals surface area contributed by atoms with Crippen LogP contribution in [0.4, 0.5) is 5.69 Å². The van der Waals surface area contributed by atoms with E-state index in [0.717, 1.165) is 27.3 Å². The zero-order valence-corrected chi connectivity index (χ0v) is 21.1. The van der Waals surface area contributed by atoms with Crippen LogP contribution in [0.15, 0.2) is 48.5 Å². The fourth-order valence-electron chi connectivity index (χ4n) is 3.67. The van der Waals surface area contributed by atoms with Crippen molar-refractivity contribution >= 4 is 27.5 Å². The highest BCUT2D eigenvalue weighted by Gasteiger charge is 2.31. The van der Waals surface area contributed by atoms with Crippen LogP contribution in [0, 0.1) is 6.92 Å². The minimum Gasteiger partial charge on any atom is -0.355 e. The molecule has 0 bridgehead atoms. The van der Waals surface area contributed by atoms with Gasteiger partial charge in [0.1, 0.15) is 12.6 Å². The van der Waals surface area contributed by atoms with Gasteiger partial charge in [0, 0.05) is 13.1 Å². The van der Waals surface area contributed by atoms with E-state index in [9.17, 15) is 18.0 Å². The number of amides is 2. The first-order valence-corrected chi connectivity index (χ1v) is 13.0. The van der Waals surface area contributed by atoms with E-state index in [1.54, 1.807) is 19.1 Å². The Hall–Kier alpha value is -2.87. The number of carbonyl (C=O) groups excluding carboxylic acids is 2. The summed E-state index contributed by atoms with van der Waals surface area (Å²) in [5.41, 5.74) is 3.20. The second-order valence-electron chi connectivity index (χ2n) is 8.50. The SMILES string of the molecule is CCNC(=O)[C@@H](C)N(Cc1ccccc1C)C(=O)CN(c1ccccc1C(C)C)S(C)(=O)=O. The third kappa shape index (κ3) is 6.81. The molecule has 0 fully saturated rings. The Morgan fingerprint density at radius 3 is 2.18 bits per heavy atom. The molecule has 0 unspecified atom stereocenters. The topological polar surface area (TPSA) is 86.8 Å². The molecule has 0 saturated heterocycles. The summed E-state index contributed by atoms with van der Waals surface area (Å²) < 4.78 is 26.7. The number of hydrogen-bond donors (Lipinski definition) is 1. The normalized spacial score (nSPS) is 12.3. The van der Waals surface area contributed by atoms with Crippen LogP contribution in [0.3, 0.4) is 0 Å². The number of nitrogens with one attached hydrogen (secondary N) is 1. The van der Waals surface area contributed by atoms with Gasteiger partial charge >= 0.3 is 0 Å². The van der Waals surface area contributed by atoms with Crippen LogP contribution < -0.4 is 9.62 Å². The van der Waals surface area contributed by atoms with Crippen LogP contribution in [0.25, 0.3) is 0 Å². The number of sulfonamides is 1. The van der Waals surface area contributed by atoms with Crippen molar-refractivity contribution in [3.05, 3.63) is 65.2 Å². The smallest absolute Gasteiger partial charge is 0.244 e. The monoisotopic (exact) mass is 473 g/mol. The second kappa shape index (κ2) is 11.3. The maximum Gasteiger partial charge on any atom is 0.244 e. The highest BCUT2D eigenvalue weighted by atomic mass is 32.2. The van der Waals surface area contributed by atoms with Crippen LogP contribution in [0.2, 0.25) is 0 Å². The molecule has 1 N–H and O–H groups in total. The Kier molecular flexibility index (Phi) is 9.05. The van der Waals surface area contributed by atoms with Gasteiger partial charge in [0.05, 0.1) is 11.9 Å². The zero-order valence-electron chi connectivity index (χ0n) is 20.3. The van der Waals surface area contributed by atoms with Crippen molar-refractivity contribution in [1.82, 2.24) is 10.2 Å². The number of para-hydroxylation sites is 1. The number of hydrogen-bond acceptors (Lipinski definition) is 4. The minimum atomic E-state index is -3.75. The fraction of sp³-hybridized carbons (Fsp3) is 0.440. The summed E-state index contributed by atoms with van der Waals surface area (Å²) in [7, 11) is -3.75. The molecule has 2 aromatic rings. The predicted molar refractivity (Wildman–Crippen MR) is 133 cm³/mol. The van der Waals surface area contributed by atoms with Gasteiger partial charge in [0.15, 0.2) is 0 Å². The molecule has 8 heteroatoms. The summed E-state index contributed by atoms with van der Waals surface area (Å²) in [5.74, 6) is -0.660. The molecule has 0 aliphatic rings. The van der Waals surface area contributed by atoms with Crippen molar-refractivity contribution in [2.75, 3.05) is 23.7 Å². The molecule has 2 aromatic carbocycles. The second-order valence-corrected chi connectivity index (χ2v) is 10.4. The summed E-state index contributed by atoms with van der Waals surface area (Å²) in [6, 6.07) is 14.1. The molecule has 0 aromatic heterocycles. The van der Waals surface area contributed by atoms with Crippen LogP contribution >= 0.6 is 0 Å². The summed E-state index contributed by atoms with van der Waals surface area (Å²) in [4.78, 5) is 27.6. The lowest BCUT2D eigenvalue weighted by Crippen LogP contribution is -2.51. The number of likely N-dealkylation sites (N-methyl/N-ethyl adjacent to an activating group) is 1. The molecule has 7 nitrogen and oxygen atoms in total. The van der Waals surface area contributed by atoms with E-state index in [1.165, 1.54) is 4.90 Å². The quantitative estimate of drug-likeness (QED) is 0.573. The summed E-state index contributed by atoms with van der Waals surface area (Å²) in [6.45, 7) is 9.61. The van der Waals surface area contributed by atoms with Crippen molar-refractivity contribution in [1.29, 1.82) is 0 Å². The molecule has 0 radical (unpaired) electrons. The van der Waals surface area contributed by atoms with Gasteiger partial charge in [-0.15, -0.1) is 0 Å². The van der Waals surface area contributed by atoms with Crippen molar-refractivity contribution in [2.45, 2.75) is 53.1 Å². The minimum absolute atomic E-state index is 0.0675. The van der Waals surface area contributed by atoms with Crippen molar-refractivity contribution in [3.63, 3.8) is 0 Å². The maximum absolute atomic E-state index is 13.6. The number of benzene rings is 2. The standard InChI is InChI=1S/C25H35N3O4S/c1-7-26-25(30)20(5)27(16-21-13-9-8-12-19(21)4)24(29)17-28(33(6,31)32)23-15-11-10-14-22(23)18(2)3/h8-15,18,20H,7,16-17H2,1-6H3,(H,26,30)/t20-/m1/s1. The first-order valence-electron chi connectivity index (χ1n) is 11.2. The summed E-state index contributed by atoms with van der Waals surface area (Å²) in [5, 5.41) is 2.76. The highest BCUT2D eigenvalue weighted by molar-refractivity contribution is 7.92. The van der Waals surface area contributed by atoms with Gasteiger partial charge in [-0.05, 0) is 49.4 Å². The molecule has 2 amide bonds. The maximum atomic E-state index is 13.6. The van der Waals surface area contributed by atoms with Crippen LogP contribution in [-0.2, 0) is 26.2 Å². The Labute approximate surface area is 197 Å². The Balaban J connectivity index is 2.47.